The Hall–Kier alpha value is -4.00. The number of carbonyl (C=O) groups excluding carboxylic acids is 2. The summed E-state index contributed by atoms with van der Waals surface area (Å²) in [5, 5.41) is 7.13. The monoisotopic (exact) mass is 414 g/mol. The van der Waals surface area contributed by atoms with Crippen LogP contribution >= 0.6 is 0 Å². The normalized spacial score (nSPS) is 10.9. The molecule has 7 heteroatoms. The Kier molecular flexibility index (Phi) is 5.75. The molecule has 1 aromatic heterocycles. The zero-order valence-corrected chi connectivity index (χ0v) is 17.1. The summed E-state index contributed by atoms with van der Waals surface area (Å²) in [5.74, 6) is -0.928. The molecule has 7 nitrogen and oxygen atoms in total. The van der Waals surface area contributed by atoms with Crippen molar-refractivity contribution in [2.45, 2.75) is 26.3 Å². The van der Waals surface area contributed by atoms with Crippen molar-refractivity contribution in [1.82, 2.24) is 20.6 Å². The van der Waals surface area contributed by atoms with Crippen molar-refractivity contribution < 1.29 is 9.59 Å². The SMILES string of the molecule is CCCn1nc(C(=O)NNC(=O)Cc2cccc3ccccc23)c2ccccc2c1=O. The Morgan fingerprint density at radius 3 is 2.32 bits per heavy atom. The van der Waals surface area contributed by atoms with Gasteiger partial charge in [-0.25, -0.2) is 4.68 Å². The minimum absolute atomic E-state index is 0.0918. The van der Waals surface area contributed by atoms with Crippen molar-refractivity contribution in [3.05, 3.63) is 88.3 Å². The molecule has 0 aliphatic heterocycles. The van der Waals surface area contributed by atoms with Crippen LogP contribution in [0.4, 0.5) is 0 Å². The molecule has 0 aliphatic rings. The number of amides is 2. The van der Waals surface area contributed by atoms with Gasteiger partial charge in [0.1, 0.15) is 0 Å². The highest BCUT2D eigenvalue weighted by Gasteiger charge is 2.17. The molecule has 0 radical (unpaired) electrons. The van der Waals surface area contributed by atoms with Crippen LogP contribution in [-0.4, -0.2) is 21.6 Å². The molecule has 156 valence electrons. The standard InChI is InChI=1S/C24H22N4O3/c1-2-14-28-24(31)20-13-6-5-12-19(20)22(27-28)23(30)26-25-21(29)15-17-10-7-9-16-8-3-4-11-18(16)17/h3-13H,2,14-15H2,1H3,(H,25,29)(H,26,30). The second-order valence-electron chi connectivity index (χ2n) is 7.24. The smallest absolute Gasteiger partial charge is 0.273 e. The highest BCUT2D eigenvalue weighted by atomic mass is 16.2. The van der Waals surface area contributed by atoms with Gasteiger partial charge in [-0.05, 0) is 28.8 Å². The molecule has 1 heterocycles. The number of benzene rings is 3. The second kappa shape index (κ2) is 8.79. The van der Waals surface area contributed by atoms with Crippen molar-refractivity contribution >= 4 is 33.4 Å². The number of nitrogens with zero attached hydrogens (tertiary/aromatic N) is 2. The molecule has 0 saturated carbocycles. The van der Waals surface area contributed by atoms with Crippen LogP contribution in [0.2, 0.25) is 0 Å². The summed E-state index contributed by atoms with van der Waals surface area (Å²) in [7, 11) is 0. The predicted molar refractivity (Wildman–Crippen MR) is 120 cm³/mol. The Morgan fingerprint density at radius 1 is 0.871 bits per heavy atom. The maximum atomic E-state index is 12.8. The molecule has 3 aromatic carbocycles. The third kappa shape index (κ3) is 4.16. The van der Waals surface area contributed by atoms with Gasteiger partial charge in [-0.3, -0.25) is 25.2 Å². The van der Waals surface area contributed by atoms with E-state index in [0.29, 0.717) is 23.7 Å². The van der Waals surface area contributed by atoms with E-state index in [1.807, 2.05) is 49.4 Å². The molecule has 4 rings (SSSR count). The van der Waals surface area contributed by atoms with E-state index in [4.69, 9.17) is 0 Å². The lowest BCUT2D eigenvalue weighted by molar-refractivity contribution is -0.121. The Morgan fingerprint density at radius 2 is 1.55 bits per heavy atom. The fraction of sp³-hybridized carbons (Fsp3) is 0.167. The summed E-state index contributed by atoms with van der Waals surface area (Å²) in [6.07, 6.45) is 0.819. The highest BCUT2D eigenvalue weighted by molar-refractivity contribution is 6.05. The molecule has 0 saturated heterocycles. The molecule has 4 aromatic rings. The topological polar surface area (TPSA) is 93.1 Å². The van der Waals surface area contributed by atoms with E-state index in [9.17, 15) is 14.4 Å². The van der Waals surface area contributed by atoms with E-state index in [1.165, 1.54) is 4.68 Å². The van der Waals surface area contributed by atoms with Crippen LogP contribution in [0.15, 0.2) is 71.5 Å². The van der Waals surface area contributed by atoms with Gasteiger partial charge in [0, 0.05) is 11.9 Å². The molecule has 0 atom stereocenters. The molecular formula is C24H22N4O3. The quantitative estimate of drug-likeness (QED) is 0.491. The van der Waals surface area contributed by atoms with Crippen molar-refractivity contribution in [2.75, 3.05) is 0 Å². The molecule has 0 fully saturated rings. The fourth-order valence-corrected chi connectivity index (χ4v) is 3.62. The minimum atomic E-state index is -0.577. The van der Waals surface area contributed by atoms with Gasteiger partial charge >= 0.3 is 0 Å². The van der Waals surface area contributed by atoms with Gasteiger partial charge in [-0.2, -0.15) is 5.10 Å². The third-order valence-corrected chi connectivity index (χ3v) is 5.06. The van der Waals surface area contributed by atoms with Crippen LogP contribution in [0.3, 0.4) is 0 Å². The molecule has 0 spiro atoms. The summed E-state index contributed by atoms with van der Waals surface area (Å²) >= 11 is 0. The molecule has 2 amide bonds. The number of rotatable bonds is 5. The summed E-state index contributed by atoms with van der Waals surface area (Å²) in [6, 6.07) is 20.4. The molecule has 2 N–H and O–H groups in total. The largest absolute Gasteiger partial charge is 0.290 e. The van der Waals surface area contributed by atoms with E-state index >= 15 is 0 Å². The molecule has 0 unspecified atom stereocenters. The van der Waals surface area contributed by atoms with E-state index < -0.39 is 5.91 Å². The third-order valence-electron chi connectivity index (χ3n) is 5.06. The van der Waals surface area contributed by atoms with Crippen LogP contribution in [0.25, 0.3) is 21.5 Å². The minimum Gasteiger partial charge on any atom is -0.273 e. The zero-order valence-electron chi connectivity index (χ0n) is 17.1. The average Bonchev–Trinajstić information content (AvgIpc) is 2.80. The molecular weight excluding hydrogens is 392 g/mol. The number of aryl methyl sites for hydroxylation is 1. The first-order valence-corrected chi connectivity index (χ1v) is 10.1. The van der Waals surface area contributed by atoms with Crippen molar-refractivity contribution in [3.63, 3.8) is 0 Å². The first-order chi connectivity index (χ1) is 15.1. The Labute approximate surface area is 178 Å². The summed E-state index contributed by atoms with van der Waals surface area (Å²) in [4.78, 5) is 37.8. The lowest BCUT2D eigenvalue weighted by Crippen LogP contribution is -2.43. The number of hydrogen-bond donors (Lipinski definition) is 2. The average molecular weight is 414 g/mol. The predicted octanol–water partition coefficient (Wildman–Crippen LogP) is 2.96. The lowest BCUT2D eigenvalue weighted by Gasteiger charge is -2.12. The number of fused-ring (bicyclic) bond motifs is 2. The zero-order chi connectivity index (χ0) is 21.8. The number of nitrogens with one attached hydrogen (secondary N) is 2. The lowest BCUT2D eigenvalue weighted by atomic mass is 10.0. The van der Waals surface area contributed by atoms with Gasteiger partial charge in [0.05, 0.1) is 11.8 Å². The summed E-state index contributed by atoms with van der Waals surface area (Å²) in [6.45, 7) is 2.33. The summed E-state index contributed by atoms with van der Waals surface area (Å²) in [5.41, 5.74) is 5.61. The van der Waals surface area contributed by atoms with Crippen molar-refractivity contribution in [3.8, 4) is 0 Å². The van der Waals surface area contributed by atoms with Crippen LogP contribution in [0.1, 0.15) is 29.4 Å². The van der Waals surface area contributed by atoms with Crippen LogP contribution < -0.4 is 16.4 Å². The van der Waals surface area contributed by atoms with Gasteiger partial charge in [0.2, 0.25) is 5.91 Å². The van der Waals surface area contributed by atoms with Crippen LogP contribution in [-0.2, 0) is 17.8 Å². The van der Waals surface area contributed by atoms with E-state index in [1.54, 1.807) is 24.3 Å². The van der Waals surface area contributed by atoms with E-state index in [0.717, 1.165) is 16.3 Å². The molecule has 0 bridgehead atoms. The first-order valence-electron chi connectivity index (χ1n) is 10.1. The second-order valence-corrected chi connectivity index (χ2v) is 7.24. The van der Waals surface area contributed by atoms with Crippen molar-refractivity contribution in [1.29, 1.82) is 0 Å². The highest BCUT2D eigenvalue weighted by Crippen LogP contribution is 2.19. The number of carbonyl (C=O) groups is 2. The first kappa shape index (κ1) is 20.3. The van der Waals surface area contributed by atoms with Gasteiger partial charge in [-0.1, -0.05) is 67.6 Å². The van der Waals surface area contributed by atoms with E-state index in [-0.39, 0.29) is 23.6 Å². The van der Waals surface area contributed by atoms with E-state index in [2.05, 4.69) is 16.0 Å². The summed E-state index contributed by atoms with van der Waals surface area (Å²) < 4.78 is 1.29. The number of hydrogen-bond acceptors (Lipinski definition) is 4. The van der Waals surface area contributed by atoms with Crippen molar-refractivity contribution in [2.24, 2.45) is 0 Å². The van der Waals surface area contributed by atoms with Crippen LogP contribution in [0.5, 0.6) is 0 Å². The van der Waals surface area contributed by atoms with Crippen LogP contribution in [0, 0.1) is 0 Å². The van der Waals surface area contributed by atoms with Gasteiger partial charge < -0.3 is 0 Å². The van der Waals surface area contributed by atoms with Gasteiger partial charge in [-0.15, -0.1) is 0 Å². The maximum absolute atomic E-state index is 12.8. The van der Waals surface area contributed by atoms with Gasteiger partial charge in [0.25, 0.3) is 11.5 Å². The maximum Gasteiger partial charge on any atom is 0.290 e. The number of aromatic nitrogens is 2. The Balaban J connectivity index is 1.53. The Bertz CT molecular complexity index is 1340. The number of hydrazine groups is 1. The molecule has 0 aliphatic carbocycles. The van der Waals surface area contributed by atoms with Gasteiger partial charge in [0.15, 0.2) is 5.69 Å². The fourth-order valence-electron chi connectivity index (χ4n) is 3.62. The molecule has 31 heavy (non-hydrogen) atoms.